The molecule has 0 unspecified atom stereocenters. The number of hydrogen-bond acceptors (Lipinski definition) is 3. The molecule has 0 fully saturated rings. The third kappa shape index (κ3) is 3.62. The molecular weight excluding hydrogens is 294 g/mol. The van der Waals surface area contributed by atoms with Gasteiger partial charge in [-0.15, -0.1) is 0 Å². The molecule has 0 saturated heterocycles. The van der Waals surface area contributed by atoms with Crippen LogP contribution in [0.2, 0.25) is 0 Å². The highest BCUT2D eigenvalue weighted by Crippen LogP contribution is 2.27. The highest BCUT2D eigenvalue weighted by atomic mass is 15.0. The Morgan fingerprint density at radius 1 is 1.04 bits per heavy atom. The van der Waals surface area contributed by atoms with E-state index in [-0.39, 0.29) is 0 Å². The molecule has 3 aromatic rings. The minimum atomic E-state index is 0.671. The molecule has 0 radical (unpaired) electrons. The summed E-state index contributed by atoms with van der Waals surface area (Å²) in [6, 6.07) is 14.7. The quantitative estimate of drug-likeness (QED) is 0.661. The number of rotatable bonds is 6. The van der Waals surface area contributed by atoms with E-state index in [1.807, 2.05) is 6.08 Å². The molecule has 24 heavy (non-hydrogen) atoms. The molecule has 3 rings (SSSR count). The van der Waals surface area contributed by atoms with Gasteiger partial charge in [0, 0.05) is 11.9 Å². The fourth-order valence-corrected chi connectivity index (χ4v) is 2.67. The molecule has 0 aliphatic heterocycles. The Kier molecular flexibility index (Phi) is 4.90. The molecule has 0 spiro atoms. The first-order chi connectivity index (χ1) is 11.7. The predicted octanol–water partition coefficient (Wildman–Crippen LogP) is 5.40. The molecule has 3 heteroatoms. The zero-order chi connectivity index (χ0) is 16.9. The second-order valence-electron chi connectivity index (χ2n) is 6.39. The summed E-state index contributed by atoms with van der Waals surface area (Å²) in [5, 5.41) is 4.51. The van der Waals surface area contributed by atoms with Crippen molar-refractivity contribution in [1.82, 2.24) is 9.97 Å². The lowest BCUT2D eigenvalue weighted by Gasteiger charge is -2.11. The van der Waals surface area contributed by atoms with Gasteiger partial charge in [-0.05, 0) is 41.2 Å². The van der Waals surface area contributed by atoms with Crippen molar-refractivity contribution < 1.29 is 0 Å². The second-order valence-corrected chi connectivity index (χ2v) is 6.39. The summed E-state index contributed by atoms with van der Waals surface area (Å²) < 4.78 is 0. The van der Waals surface area contributed by atoms with Gasteiger partial charge < -0.3 is 5.32 Å². The molecule has 2 aromatic carbocycles. The number of fused-ring (bicyclic) bond motifs is 1. The number of aromatic nitrogens is 2. The van der Waals surface area contributed by atoms with Crippen LogP contribution in [0.15, 0.2) is 55.4 Å². The van der Waals surface area contributed by atoms with Gasteiger partial charge in [0.05, 0.1) is 5.52 Å². The van der Waals surface area contributed by atoms with E-state index in [9.17, 15) is 0 Å². The molecule has 0 aliphatic rings. The Morgan fingerprint density at radius 2 is 1.79 bits per heavy atom. The lowest BCUT2D eigenvalue weighted by Crippen LogP contribution is -2.06. The number of anilines is 1. The van der Waals surface area contributed by atoms with Gasteiger partial charge in [-0.3, -0.25) is 0 Å². The van der Waals surface area contributed by atoms with E-state index in [4.69, 9.17) is 0 Å². The Labute approximate surface area is 143 Å². The summed E-state index contributed by atoms with van der Waals surface area (Å²) in [7, 11) is 0. The monoisotopic (exact) mass is 317 g/mol. The van der Waals surface area contributed by atoms with E-state index in [0.29, 0.717) is 5.92 Å². The molecule has 0 amide bonds. The highest BCUT2D eigenvalue weighted by molar-refractivity contribution is 5.92. The minimum Gasteiger partial charge on any atom is -0.369 e. The SMILES string of the molecule is C=Cc1ccc(-c2ccc3ncnc(NCCC(C)C)c3c2)cc1. The summed E-state index contributed by atoms with van der Waals surface area (Å²) in [4.78, 5) is 8.81. The number of nitrogens with one attached hydrogen (secondary N) is 1. The fraction of sp³-hybridized carbons (Fsp3) is 0.238. The first kappa shape index (κ1) is 16.2. The normalized spacial score (nSPS) is 11.0. The lowest BCUT2D eigenvalue weighted by molar-refractivity contribution is 0.607. The maximum atomic E-state index is 4.43. The summed E-state index contributed by atoms with van der Waals surface area (Å²) in [6.45, 7) is 9.17. The van der Waals surface area contributed by atoms with Gasteiger partial charge in [0.2, 0.25) is 0 Å². The standard InChI is InChI=1S/C21H23N3/c1-4-16-5-7-17(8-6-16)18-9-10-20-19(13-18)21(24-14-23-20)22-12-11-15(2)3/h4-10,13-15H,1,11-12H2,2-3H3,(H,22,23,24). The minimum absolute atomic E-state index is 0.671. The van der Waals surface area contributed by atoms with E-state index >= 15 is 0 Å². The average molecular weight is 317 g/mol. The van der Waals surface area contributed by atoms with Crippen molar-refractivity contribution in [2.45, 2.75) is 20.3 Å². The Hall–Kier alpha value is -2.68. The summed E-state index contributed by atoms with van der Waals surface area (Å²) >= 11 is 0. The molecular formula is C21H23N3. The van der Waals surface area contributed by atoms with Gasteiger partial charge in [0.15, 0.2) is 0 Å². The van der Waals surface area contributed by atoms with Crippen LogP contribution in [0.1, 0.15) is 25.8 Å². The number of hydrogen-bond donors (Lipinski definition) is 1. The van der Waals surface area contributed by atoms with Crippen LogP contribution in [-0.2, 0) is 0 Å². The zero-order valence-corrected chi connectivity index (χ0v) is 14.3. The summed E-state index contributed by atoms with van der Waals surface area (Å²) in [5.41, 5.74) is 4.43. The van der Waals surface area contributed by atoms with Gasteiger partial charge in [-0.25, -0.2) is 9.97 Å². The third-order valence-corrected chi connectivity index (χ3v) is 4.13. The molecule has 3 nitrogen and oxygen atoms in total. The van der Waals surface area contributed by atoms with Crippen LogP contribution in [-0.4, -0.2) is 16.5 Å². The van der Waals surface area contributed by atoms with Gasteiger partial charge in [0.25, 0.3) is 0 Å². The Bertz CT molecular complexity index is 835. The largest absolute Gasteiger partial charge is 0.369 e. The first-order valence-corrected chi connectivity index (χ1v) is 8.39. The maximum absolute atomic E-state index is 4.43. The zero-order valence-electron chi connectivity index (χ0n) is 14.3. The van der Waals surface area contributed by atoms with Crippen molar-refractivity contribution in [1.29, 1.82) is 0 Å². The van der Waals surface area contributed by atoms with Crippen molar-refractivity contribution >= 4 is 22.8 Å². The molecule has 122 valence electrons. The van der Waals surface area contributed by atoms with E-state index in [1.165, 1.54) is 11.1 Å². The maximum Gasteiger partial charge on any atom is 0.137 e. The van der Waals surface area contributed by atoms with Crippen LogP contribution >= 0.6 is 0 Å². The van der Waals surface area contributed by atoms with Crippen LogP contribution in [0.3, 0.4) is 0 Å². The molecule has 0 atom stereocenters. The van der Waals surface area contributed by atoms with Crippen LogP contribution in [0, 0.1) is 5.92 Å². The Morgan fingerprint density at radius 3 is 2.50 bits per heavy atom. The van der Waals surface area contributed by atoms with Crippen molar-refractivity contribution in [2.24, 2.45) is 5.92 Å². The molecule has 0 bridgehead atoms. The van der Waals surface area contributed by atoms with Gasteiger partial charge in [0.1, 0.15) is 12.1 Å². The predicted molar refractivity (Wildman–Crippen MR) is 103 cm³/mol. The smallest absolute Gasteiger partial charge is 0.137 e. The van der Waals surface area contributed by atoms with E-state index < -0.39 is 0 Å². The molecule has 1 N–H and O–H groups in total. The summed E-state index contributed by atoms with van der Waals surface area (Å²) in [5.74, 6) is 1.58. The second kappa shape index (κ2) is 7.26. The lowest BCUT2D eigenvalue weighted by atomic mass is 10.0. The molecule has 1 aromatic heterocycles. The number of nitrogens with zero attached hydrogens (tertiary/aromatic N) is 2. The van der Waals surface area contributed by atoms with Crippen LogP contribution in [0.5, 0.6) is 0 Å². The third-order valence-electron chi connectivity index (χ3n) is 4.13. The van der Waals surface area contributed by atoms with Crippen molar-refractivity contribution in [3.63, 3.8) is 0 Å². The van der Waals surface area contributed by atoms with E-state index in [1.54, 1.807) is 6.33 Å². The van der Waals surface area contributed by atoms with Crippen molar-refractivity contribution in [2.75, 3.05) is 11.9 Å². The van der Waals surface area contributed by atoms with Gasteiger partial charge >= 0.3 is 0 Å². The van der Waals surface area contributed by atoms with Gasteiger partial charge in [-0.2, -0.15) is 0 Å². The summed E-state index contributed by atoms with van der Waals surface area (Å²) in [6.07, 6.45) is 4.60. The first-order valence-electron chi connectivity index (χ1n) is 8.39. The molecule has 0 aliphatic carbocycles. The fourth-order valence-electron chi connectivity index (χ4n) is 2.67. The van der Waals surface area contributed by atoms with Gasteiger partial charge in [-0.1, -0.05) is 56.8 Å². The van der Waals surface area contributed by atoms with Crippen molar-refractivity contribution in [3.8, 4) is 11.1 Å². The molecule has 1 heterocycles. The topological polar surface area (TPSA) is 37.8 Å². The molecule has 0 saturated carbocycles. The van der Waals surface area contributed by atoms with Crippen LogP contribution in [0.4, 0.5) is 5.82 Å². The average Bonchev–Trinajstić information content (AvgIpc) is 2.61. The van der Waals surface area contributed by atoms with Crippen molar-refractivity contribution in [3.05, 3.63) is 60.9 Å². The highest BCUT2D eigenvalue weighted by Gasteiger charge is 2.06. The Balaban J connectivity index is 1.94. The van der Waals surface area contributed by atoms with E-state index in [2.05, 4.69) is 78.2 Å². The van der Waals surface area contributed by atoms with Crippen LogP contribution < -0.4 is 5.32 Å². The van der Waals surface area contributed by atoms with E-state index in [0.717, 1.165) is 35.2 Å². The number of benzene rings is 2. The van der Waals surface area contributed by atoms with Crippen LogP contribution in [0.25, 0.3) is 28.1 Å².